The third-order valence-electron chi connectivity index (χ3n) is 1.86. The SMILES string of the molecule is O=C(O)c1ccc(Sc2ncc[nH]c2=O)nc1. The summed E-state index contributed by atoms with van der Waals surface area (Å²) in [4.78, 5) is 32.3. The van der Waals surface area contributed by atoms with Gasteiger partial charge in [0.15, 0.2) is 5.03 Å². The Morgan fingerprint density at radius 1 is 1.35 bits per heavy atom. The van der Waals surface area contributed by atoms with Gasteiger partial charge in [0.25, 0.3) is 5.56 Å². The first-order chi connectivity index (χ1) is 8.16. The lowest BCUT2D eigenvalue weighted by atomic mass is 10.3. The van der Waals surface area contributed by atoms with E-state index in [0.29, 0.717) is 5.03 Å². The lowest BCUT2D eigenvalue weighted by Gasteiger charge is -1.99. The molecule has 7 heteroatoms. The van der Waals surface area contributed by atoms with E-state index in [1.807, 2.05) is 0 Å². The van der Waals surface area contributed by atoms with Gasteiger partial charge in [0.1, 0.15) is 5.03 Å². The molecule has 2 rings (SSSR count). The van der Waals surface area contributed by atoms with Gasteiger partial charge < -0.3 is 10.1 Å². The number of nitrogens with one attached hydrogen (secondary N) is 1. The normalized spacial score (nSPS) is 10.1. The highest BCUT2D eigenvalue weighted by atomic mass is 32.2. The van der Waals surface area contributed by atoms with E-state index in [1.165, 1.54) is 30.7 Å². The quantitative estimate of drug-likeness (QED) is 0.842. The number of carbonyl (C=O) groups is 1. The first-order valence-electron chi connectivity index (χ1n) is 4.58. The summed E-state index contributed by atoms with van der Waals surface area (Å²) in [5.41, 5.74) is -0.203. The van der Waals surface area contributed by atoms with E-state index in [9.17, 15) is 9.59 Å². The number of hydrogen-bond acceptors (Lipinski definition) is 5. The number of hydrogen-bond donors (Lipinski definition) is 2. The Morgan fingerprint density at radius 3 is 2.76 bits per heavy atom. The van der Waals surface area contributed by atoms with E-state index in [4.69, 9.17) is 5.11 Å². The molecule has 0 fully saturated rings. The summed E-state index contributed by atoms with van der Waals surface area (Å²) in [6, 6.07) is 2.96. The van der Waals surface area contributed by atoms with Crippen molar-refractivity contribution in [1.29, 1.82) is 0 Å². The molecule has 0 aliphatic rings. The first-order valence-corrected chi connectivity index (χ1v) is 5.39. The van der Waals surface area contributed by atoms with Gasteiger partial charge in [-0.05, 0) is 23.9 Å². The number of aromatic amines is 1. The maximum atomic E-state index is 11.3. The van der Waals surface area contributed by atoms with E-state index in [1.54, 1.807) is 0 Å². The Kier molecular flexibility index (Phi) is 3.20. The van der Waals surface area contributed by atoms with Crippen LogP contribution in [0.15, 0.2) is 45.6 Å². The molecule has 0 aliphatic heterocycles. The van der Waals surface area contributed by atoms with E-state index in [-0.39, 0.29) is 16.1 Å². The minimum absolute atomic E-state index is 0.101. The summed E-state index contributed by atoms with van der Waals surface area (Å²) in [7, 11) is 0. The molecule has 2 aromatic heterocycles. The van der Waals surface area contributed by atoms with E-state index in [2.05, 4.69) is 15.0 Å². The Bertz CT molecular complexity index is 594. The van der Waals surface area contributed by atoms with Crippen molar-refractivity contribution in [3.63, 3.8) is 0 Å². The summed E-state index contributed by atoms with van der Waals surface area (Å²) in [5, 5.41) is 9.48. The van der Waals surface area contributed by atoms with Crippen LogP contribution in [0.5, 0.6) is 0 Å². The molecule has 0 aromatic carbocycles. The van der Waals surface area contributed by atoms with Gasteiger partial charge in [-0.2, -0.15) is 0 Å². The van der Waals surface area contributed by atoms with Crippen LogP contribution in [0.3, 0.4) is 0 Å². The van der Waals surface area contributed by atoms with Gasteiger partial charge in [-0.3, -0.25) is 4.79 Å². The van der Waals surface area contributed by atoms with Crippen LogP contribution < -0.4 is 5.56 Å². The summed E-state index contributed by atoms with van der Waals surface area (Å²) in [5.74, 6) is -1.04. The van der Waals surface area contributed by atoms with Crippen LogP contribution in [-0.2, 0) is 0 Å². The fraction of sp³-hybridized carbons (Fsp3) is 0. The lowest BCUT2D eigenvalue weighted by Crippen LogP contribution is -2.08. The monoisotopic (exact) mass is 249 g/mol. The number of H-pyrrole nitrogens is 1. The van der Waals surface area contributed by atoms with Crippen molar-refractivity contribution >= 4 is 17.7 Å². The minimum Gasteiger partial charge on any atom is -0.478 e. The molecular formula is C10H7N3O3S. The van der Waals surface area contributed by atoms with Crippen molar-refractivity contribution in [2.45, 2.75) is 10.1 Å². The fourth-order valence-electron chi connectivity index (χ4n) is 1.08. The van der Waals surface area contributed by atoms with Crippen molar-refractivity contribution in [2.24, 2.45) is 0 Å². The summed E-state index contributed by atoms with van der Waals surface area (Å²) >= 11 is 1.08. The molecule has 17 heavy (non-hydrogen) atoms. The third kappa shape index (κ3) is 2.70. The van der Waals surface area contributed by atoms with Gasteiger partial charge in [0.05, 0.1) is 5.56 Å². The van der Waals surface area contributed by atoms with E-state index in [0.717, 1.165) is 11.8 Å². The van der Waals surface area contributed by atoms with Gasteiger partial charge in [-0.25, -0.2) is 14.8 Å². The molecule has 0 saturated carbocycles. The molecule has 0 amide bonds. The van der Waals surface area contributed by atoms with Gasteiger partial charge in [-0.15, -0.1) is 0 Å². The molecule has 0 aliphatic carbocycles. The Hall–Kier alpha value is -2.15. The fourth-order valence-corrected chi connectivity index (χ4v) is 1.78. The average molecular weight is 249 g/mol. The van der Waals surface area contributed by atoms with Gasteiger partial charge >= 0.3 is 5.97 Å². The molecule has 0 spiro atoms. The number of pyridine rings is 1. The van der Waals surface area contributed by atoms with Crippen LogP contribution in [0.2, 0.25) is 0 Å². The number of aromatic carboxylic acids is 1. The summed E-state index contributed by atoms with van der Waals surface area (Å²) < 4.78 is 0. The summed E-state index contributed by atoms with van der Waals surface area (Å²) in [6.07, 6.45) is 4.14. The van der Waals surface area contributed by atoms with Gasteiger partial charge in [-0.1, -0.05) is 0 Å². The number of carboxylic acids is 1. The van der Waals surface area contributed by atoms with Crippen molar-refractivity contribution in [1.82, 2.24) is 15.0 Å². The standard InChI is InChI=1S/C10H7N3O3S/c14-8-9(12-4-3-11-8)17-7-2-1-6(5-13-7)10(15)16/h1-5H,(H,11,14)(H,15,16). The maximum absolute atomic E-state index is 11.3. The molecule has 6 nitrogen and oxygen atoms in total. The zero-order valence-electron chi connectivity index (χ0n) is 8.45. The van der Waals surface area contributed by atoms with Crippen LogP contribution >= 0.6 is 11.8 Å². The number of aromatic nitrogens is 3. The van der Waals surface area contributed by atoms with Crippen LogP contribution in [0, 0.1) is 0 Å². The highest BCUT2D eigenvalue weighted by Gasteiger charge is 2.06. The molecular weight excluding hydrogens is 242 g/mol. The zero-order valence-corrected chi connectivity index (χ0v) is 9.27. The molecule has 0 unspecified atom stereocenters. The second-order valence-corrected chi connectivity index (χ2v) is 4.02. The average Bonchev–Trinajstić information content (AvgIpc) is 2.33. The maximum Gasteiger partial charge on any atom is 0.337 e. The lowest BCUT2D eigenvalue weighted by molar-refractivity contribution is 0.0696. The third-order valence-corrected chi connectivity index (χ3v) is 2.79. The van der Waals surface area contributed by atoms with Crippen LogP contribution in [0.4, 0.5) is 0 Å². The van der Waals surface area contributed by atoms with Crippen molar-refractivity contribution in [3.8, 4) is 0 Å². The predicted molar refractivity (Wildman–Crippen MR) is 60.2 cm³/mol. The largest absolute Gasteiger partial charge is 0.478 e. The molecule has 2 heterocycles. The second-order valence-electron chi connectivity index (χ2n) is 3.02. The highest BCUT2D eigenvalue weighted by molar-refractivity contribution is 7.99. The molecule has 86 valence electrons. The smallest absolute Gasteiger partial charge is 0.337 e. The van der Waals surface area contributed by atoms with Crippen LogP contribution in [0.1, 0.15) is 10.4 Å². The second kappa shape index (κ2) is 4.79. The number of rotatable bonds is 3. The van der Waals surface area contributed by atoms with Gasteiger partial charge in [0, 0.05) is 18.6 Å². The number of carboxylic acid groups (broad SMARTS) is 1. The molecule has 0 radical (unpaired) electrons. The zero-order chi connectivity index (χ0) is 12.3. The van der Waals surface area contributed by atoms with Gasteiger partial charge in [0.2, 0.25) is 0 Å². The van der Waals surface area contributed by atoms with E-state index < -0.39 is 5.97 Å². The Labute approximate surface area is 99.8 Å². The van der Waals surface area contributed by atoms with Crippen molar-refractivity contribution < 1.29 is 9.90 Å². The number of nitrogens with zero attached hydrogens (tertiary/aromatic N) is 2. The minimum atomic E-state index is -1.04. The molecule has 0 saturated heterocycles. The molecule has 2 N–H and O–H groups in total. The van der Waals surface area contributed by atoms with Crippen LogP contribution in [-0.4, -0.2) is 26.0 Å². The van der Waals surface area contributed by atoms with E-state index >= 15 is 0 Å². The first kappa shape index (κ1) is 11.3. The van der Waals surface area contributed by atoms with Crippen molar-refractivity contribution in [3.05, 3.63) is 46.6 Å². The Morgan fingerprint density at radius 2 is 2.18 bits per heavy atom. The van der Waals surface area contributed by atoms with Crippen LogP contribution in [0.25, 0.3) is 0 Å². The summed E-state index contributed by atoms with van der Waals surface area (Å²) in [6.45, 7) is 0. The topological polar surface area (TPSA) is 95.9 Å². The molecule has 0 bridgehead atoms. The molecule has 2 aromatic rings. The predicted octanol–water partition coefficient (Wildman–Crippen LogP) is 1.01. The highest BCUT2D eigenvalue weighted by Crippen LogP contribution is 2.20. The Balaban J connectivity index is 2.23. The molecule has 0 atom stereocenters. The van der Waals surface area contributed by atoms with Crippen molar-refractivity contribution in [2.75, 3.05) is 0 Å².